The normalized spacial score (nSPS) is 27.6. The molecule has 96 valence electrons. The maximum Gasteiger partial charge on any atom is 0.0110 e. The van der Waals surface area contributed by atoms with Crippen LogP contribution in [0.15, 0.2) is 0 Å². The quantitative estimate of drug-likeness (QED) is 0.701. The molecule has 1 heterocycles. The third-order valence-corrected chi connectivity index (χ3v) is 3.98. The highest BCUT2D eigenvalue weighted by Gasteiger charge is 2.23. The van der Waals surface area contributed by atoms with Gasteiger partial charge in [0.2, 0.25) is 0 Å². The lowest BCUT2D eigenvalue weighted by Crippen LogP contribution is -2.45. The average molecular weight is 226 g/mol. The van der Waals surface area contributed by atoms with E-state index < -0.39 is 0 Å². The molecule has 0 aromatic heterocycles. The van der Waals surface area contributed by atoms with Gasteiger partial charge in [-0.15, -0.1) is 0 Å². The summed E-state index contributed by atoms with van der Waals surface area (Å²) in [6, 6.07) is 0.778. The molecule has 0 aromatic rings. The molecule has 2 nitrogen and oxygen atoms in total. The van der Waals surface area contributed by atoms with Crippen LogP contribution in [-0.4, -0.2) is 37.1 Å². The first-order valence-corrected chi connectivity index (χ1v) is 7.06. The molecule has 0 aliphatic carbocycles. The number of hydrogen-bond donors (Lipinski definition) is 1. The number of nitrogens with zero attached hydrogens (tertiary/aromatic N) is 1. The minimum absolute atomic E-state index is 0.778. The van der Waals surface area contributed by atoms with Crippen LogP contribution < -0.4 is 5.32 Å². The van der Waals surface area contributed by atoms with Crippen molar-refractivity contribution in [3.05, 3.63) is 0 Å². The Bertz CT molecular complexity index is 180. The Morgan fingerprint density at radius 3 is 2.69 bits per heavy atom. The lowest BCUT2D eigenvalue weighted by Gasteiger charge is -2.37. The van der Waals surface area contributed by atoms with E-state index in [0.29, 0.717) is 0 Å². The van der Waals surface area contributed by atoms with Gasteiger partial charge in [-0.2, -0.15) is 0 Å². The molecule has 1 saturated heterocycles. The van der Waals surface area contributed by atoms with Crippen molar-refractivity contribution < 1.29 is 0 Å². The Kier molecular flexibility index (Phi) is 6.37. The molecule has 0 aromatic carbocycles. The summed E-state index contributed by atoms with van der Waals surface area (Å²) in [7, 11) is 0. The van der Waals surface area contributed by atoms with Crippen molar-refractivity contribution in [3.8, 4) is 0 Å². The van der Waals surface area contributed by atoms with Crippen LogP contribution in [0.4, 0.5) is 0 Å². The van der Waals surface area contributed by atoms with E-state index in [-0.39, 0.29) is 0 Å². The first-order valence-electron chi connectivity index (χ1n) is 7.06. The highest BCUT2D eigenvalue weighted by atomic mass is 15.2. The predicted molar refractivity (Wildman–Crippen MR) is 71.8 cm³/mol. The van der Waals surface area contributed by atoms with Crippen molar-refractivity contribution >= 4 is 0 Å². The Balaban J connectivity index is 2.07. The molecule has 2 unspecified atom stereocenters. The monoisotopic (exact) mass is 226 g/mol. The largest absolute Gasteiger partial charge is 0.315 e. The van der Waals surface area contributed by atoms with Crippen LogP contribution in [0.1, 0.15) is 47.0 Å². The molecule has 1 rings (SSSR count). The topological polar surface area (TPSA) is 15.3 Å². The zero-order chi connectivity index (χ0) is 12.0. The molecule has 0 saturated carbocycles. The molecule has 0 bridgehead atoms. The maximum absolute atomic E-state index is 3.56. The van der Waals surface area contributed by atoms with Gasteiger partial charge in [0.25, 0.3) is 0 Å². The lowest BCUT2D eigenvalue weighted by atomic mass is 9.92. The maximum atomic E-state index is 3.56. The summed E-state index contributed by atoms with van der Waals surface area (Å²) >= 11 is 0. The number of piperidine rings is 1. The minimum atomic E-state index is 0.778. The fourth-order valence-corrected chi connectivity index (χ4v) is 2.47. The molecule has 1 aliphatic heterocycles. The van der Waals surface area contributed by atoms with Crippen LogP contribution in [0.3, 0.4) is 0 Å². The third kappa shape index (κ3) is 4.84. The second kappa shape index (κ2) is 7.29. The average Bonchev–Trinajstić information content (AvgIpc) is 2.23. The SMILES string of the molecule is CC(C)CCNCCN1CCCC(C)C1C. The second-order valence-corrected chi connectivity index (χ2v) is 5.83. The Morgan fingerprint density at radius 1 is 1.25 bits per heavy atom. The molecule has 2 heteroatoms. The molecule has 1 N–H and O–H groups in total. The van der Waals surface area contributed by atoms with E-state index in [1.807, 2.05) is 0 Å². The van der Waals surface area contributed by atoms with Crippen molar-refractivity contribution in [3.63, 3.8) is 0 Å². The molecule has 16 heavy (non-hydrogen) atoms. The molecule has 1 fully saturated rings. The number of likely N-dealkylation sites (tertiary alicyclic amines) is 1. The molecule has 0 spiro atoms. The molecule has 0 amide bonds. The fraction of sp³-hybridized carbons (Fsp3) is 1.00. The summed E-state index contributed by atoms with van der Waals surface area (Å²) in [4.78, 5) is 2.65. The molecular weight excluding hydrogens is 196 g/mol. The van der Waals surface area contributed by atoms with Gasteiger partial charge >= 0.3 is 0 Å². The summed E-state index contributed by atoms with van der Waals surface area (Å²) in [6.07, 6.45) is 4.10. The van der Waals surface area contributed by atoms with Crippen LogP contribution in [0.25, 0.3) is 0 Å². The fourth-order valence-electron chi connectivity index (χ4n) is 2.47. The molecule has 0 radical (unpaired) electrons. The van der Waals surface area contributed by atoms with Crippen LogP contribution >= 0.6 is 0 Å². The van der Waals surface area contributed by atoms with E-state index in [2.05, 4.69) is 37.9 Å². The summed E-state index contributed by atoms with van der Waals surface area (Å²) in [6.45, 7) is 14.2. The highest BCUT2D eigenvalue weighted by Crippen LogP contribution is 2.21. The zero-order valence-electron chi connectivity index (χ0n) is 11.6. The summed E-state index contributed by atoms with van der Waals surface area (Å²) in [5.41, 5.74) is 0. The van der Waals surface area contributed by atoms with E-state index in [9.17, 15) is 0 Å². The number of rotatable bonds is 6. The van der Waals surface area contributed by atoms with Crippen LogP contribution in [0, 0.1) is 11.8 Å². The molecule has 1 aliphatic rings. The van der Waals surface area contributed by atoms with Crippen molar-refractivity contribution in [2.75, 3.05) is 26.2 Å². The summed E-state index contributed by atoms with van der Waals surface area (Å²) in [5, 5.41) is 3.56. The lowest BCUT2D eigenvalue weighted by molar-refractivity contribution is 0.115. The van der Waals surface area contributed by atoms with Crippen molar-refractivity contribution in [1.29, 1.82) is 0 Å². The van der Waals surface area contributed by atoms with Gasteiger partial charge in [-0.3, -0.25) is 4.90 Å². The van der Waals surface area contributed by atoms with E-state index in [1.54, 1.807) is 0 Å². The number of hydrogen-bond acceptors (Lipinski definition) is 2. The van der Waals surface area contributed by atoms with Gasteiger partial charge in [-0.1, -0.05) is 20.8 Å². The van der Waals surface area contributed by atoms with Gasteiger partial charge in [0.1, 0.15) is 0 Å². The van der Waals surface area contributed by atoms with E-state index >= 15 is 0 Å². The zero-order valence-corrected chi connectivity index (χ0v) is 11.6. The number of nitrogens with one attached hydrogen (secondary N) is 1. The Morgan fingerprint density at radius 2 is 2.00 bits per heavy atom. The van der Waals surface area contributed by atoms with Crippen molar-refractivity contribution in [2.24, 2.45) is 11.8 Å². The van der Waals surface area contributed by atoms with E-state index in [0.717, 1.165) is 24.4 Å². The Hall–Kier alpha value is -0.0800. The third-order valence-electron chi connectivity index (χ3n) is 3.98. The van der Waals surface area contributed by atoms with Crippen LogP contribution in [0.2, 0.25) is 0 Å². The van der Waals surface area contributed by atoms with Gasteiger partial charge in [0.05, 0.1) is 0 Å². The summed E-state index contributed by atoms with van der Waals surface area (Å²) in [5.74, 6) is 1.70. The van der Waals surface area contributed by atoms with E-state index in [4.69, 9.17) is 0 Å². The first-order chi connectivity index (χ1) is 7.61. The minimum Gasteiger partial charge on any atom is -0.315 e. The standard InChI is InChI=1S/C14H30N2/c1-12(2)7-8-15-9-11-16-10-5-6-13(3)14(16)4/h12-15H,5-11H2,1-4H3. The summed E-state index contributed by atoms with van der Waals surface area (Å²) < 4.78 is 0. The van der Waals surface area contributed by atoms with Crippen LogP contribution in [-0.2, 0) is 0 Å². The second-order valence-electron chi connectivity index (χ2n) is 5.83. The van der Waals surface area contributed by atoms with Crippen molar-refractivity contribution in [1.82, 2.24) is 10.2 Å². The highest BCUT2D eigenvalue weighted by molar-refractivity contribution is 4.78. The molecule has 2 atom stereocenters. The van der Waals surface area contributed by atoms with Crippen molar-refractivity contribution in [2.45, 2.75) is 53.0 Å². The van der Waals surface area contributed by atoms with Gasteiger partial charge in [-0.25, -0.2) is 0 Å². The van der Waals surface area contributed by atoms with Crippen LogP contribution in [0.5, 0.6) is 0 Å². The Labute approximate surface area is 102 Å². The first kappa shape index (κ1) is 14.0. The smallest absolute Gasteiger partial charge is 0.0110 e. The van der Waals surface area contributed by atoms with Gasteiger partial charge in [0.15, 0.2) is 0 Å². The van der Waals surface area contributed by atoms with Gasteiger partial charge in [0, 0.05) is 19.1 Å². The van der Waals surface area contributed by atoms with E-state index in [1.165, 1.54) is 38.9 Å². The molecular formula is C14H30N2. The van der Waals surface area contributed by atoms with Gasteiger partial charge < -0.3 is 5.32 Å². The predicted octanol–water partition coefficient (Wildman–Crippen LogP) is 2.74. The van der Waals surface area contributed by atoms with Gasteiger partial charge in [-0.05, 0) is 51.1 Å².